The van der Waals surface area contributed by atoms with Gasteiger partial charge in [-0.25, -0.2) is 0 Å². The van der Waals surface area contributed by atoms with Crippen molar-refractivity contribution in [1.82, 2.24) is 0 Å². The molecule has 1 aliphatic rings. The van der Waals surface area contributed by atoms with Crippen molar-refractivity contribution in [3.63, 3.8) is 0 Å². The number of ketones is 1. The Hall–Kier alpha value is -0.860. The molecule has 18 heavy (non-hydrogen) atoms. The fourth-order valence-corrected chi connectivity index (χ4v) is 2.78. The van der Waals surface area contributed by atoms with Crippen molar-refractivity contribution in [3.8, 4) is 0 Å². The van der Waals surface area contributed by atoms with E-state index < -0.39 is 0 Å². The van der Waals surface area contributed by atoms with Gasteiger partial charge in [0.25, 0.3) is 0 Å². The molecule has 0 heterocycles. The monoisotopic (exact) mass is 254 g/mol. The van der Waals surface area contributed by atoms with Gasteiger partial charge in [0, 0.05) is 12.8 Å². The highest BCUT2D eigenvalue weighted by Gasteiger charge is 2.27. The number of carbonyl (C=O) groups is 2. The number of esters is 1. The van der Waals surface area contributed by atoms with Crippen molar-refractivity contribution >= 4 is 11.8 Å². The quantitative estimate of drug-likeness (QED) is 0.683. The fraction of sp³-hybridized carbons (Fsp3) is 0.867. The van der Waals surface area contributed by atoms with Crippen molar-refractivity contribution in [1.29, 1.82) is 0 Å². The third kappa shape index (κ3) is 4.79. The third-order valence-electron chi connectivity index (χ3n) is 4.00. The predicted octanol–water partition coefficient (Wildman–Crippen LogP) is 3.36. The van der Waals surface area contributed by atoms with Crippen molar-refractivity contribution in [2.45, 2.75) is 58.8 Å². The van der Waals surface area contributed by atoms with Gasteiger partial charge in [0.15, 0.2) is 0 Å². The molecule has 0 unspecified atom stereocenters. The molecule has 0 bridgehead atoms. The Kier molecular flexibility index (Phi) is 6.37. The maximum absolute atomic E-state index is 12.0. The lowest BCUT2D eigenvalue weighted by molar-refractivity contribution is -0.149. The highest BCUT2D eigenvalue weighted by Crippen LogP contribution is 2.28. The van der Waals surface area contributed by atoms with Crippen LogP contribution in [0.4, 0.5) is 0 Å². The van der Waals surface area contributed by atoms with E-state index in [1.165, 1.54) is 39.2 Å². The summed E-state index contributed by atoms with van der Waals surface area (Å²) in [5.74, 6) is 0.420. The zero-order chi connectivity index (χ0) is 13.5. The zero-order valence-electron chi connectivity index (χ0n) is 11.9. The van der Waals surface area contributed by atoms with Gasteiger partial charge in [0.2, 0.25) is 0 Å². The molecule has 0 amide bonds. The minimum Gasteiger partial charge on any atom is -0.469 e. The van der Waals surface area contributed by atoms with Gasteiger partial charge in [-0.05, 0) is 11.8 Å². The molecule has 3 nitrogen and oxygen atoms in total. The number of ether oxygens (including phenoxy) is 1. The summed E-state index contributed by atoms with van der Waals surface area (Å²) in [6.07, 6.45) is 7.17. The number of hydrogen-bond acceptors (Lipinski definition) is 3. The molecule has 3 heteroatoms. The van der Waals surface area contributed by atoms with E-state index >= 15 is 0 Å². The first-order chi connectivity index (χ1) is 8.54. The first-order valence-electron chi connectivity index (χ1n) is 7.14. The summed E-state index contributed by atoms with van der Waals surface area (Å²) in [6.45, 7) is 3.94. The van der Waals surface area contributed by atoms with E-state index in [0.717, 1.165) is 0 Å². The van der Waals surface area contributed by atoms with E-state index in [9.17, 15) is 9.59 Å². The van der Waals surface area contributed by atoms with Crippen LogP contribution in [0.1, 0.15) is 58.8 Å². The molecule has 0 aromatic heterocycles. The number of Topliss-reactive ketones (excluding diaryl/α,β-unsaturated/α-hetero) is 1. The third-order valence-corrected chi connectivity index (χ3v) is 4.00. The average Bonchev–Trinajstić information content (AvgIpc) is 2.36. The van der Waals surface area contributed by atoms with Crippen molar-refractivity contribution in [2.24, 2.45) is 17.8 Å². The number of rotatable bonds is 6. The van der Waals surface area contributed by atoms with E-state index in [0.29, 0.717) is 18.8 Å². The van der Waals surface area contributed by atoms with Crippen LogP contribution >= 0.6 is 0 Å². The highest BCUT2D eigenvalue weighted by molar-refractivity contribution is 5.84. The van der Waals surface area contributed by atoms with Gasteiger partial charge >= 0.3 is 5.97 Å². The van der Waals surface area contributed by atoms with E-state index in [4.69, 9.17) is 4.74 Å². The molecule has 0 spiro atoms. The van der Waals surface area contributed by atoms with Crippen LogP contribution < -0.4 is 0 Å². The lowest BCUT2D eigenvalue weighted by atomic mass is 9.83. The molecular formula is C15H26O3. The first-order valence-corrected chi connectivity index (χ1v) is 7.14. The van der Waals surface area contributed by atoms with Crippen LogP contribution in [0.15, 0.2) is 0 Å². The van der Waals surface area contributed by atoms with Crippen molar-refractivity contribution in [2.75, 3.05) is 7.11 Å². The second-order valence-electron chi connectivity index (χ2n) is 5.82. The molecule has 0 aromatic carbocycles. The molecular weight excluding hydrogens is 228 g/mol. The molecule has 0 aliphatic heterocycles. The Balaban J connectivity index is 2.42. The van der Waals surface area contributed by atoms with E-state index in [1.54, 1.807) is 0 Å². The summed E-state index contributed by atoms with van der Waals surface area (Å²) < 4.78 is 4.77. The van der Waals surface area contributed by atoms with Crippen LogP contribution in [-0.2, 0) is 14.3 Å². The molecule has 104 valence electrons. The van der Waals surface area contributed by atoms with Crippen LogP contribution in [0.25, 0.3) is 0 Å². The SMILES string of the molecule is COC(=O)[C@@H](CC(=O)CC1CCCCC1)C(C)C. The summed E-state index contributed by atoms with van der Waals surface area (Å²) in [6, 6.07) is 0. The smallest absolute Gasteiger partial charge is 0.309 e. The molecule has 0 radical (unpaired) electrons. The number of carbonyl (C=O) groups excluding carboxylic acids is 2. The van der Waals surface area contributed by atoms with Crippen LogP contribution in [0, 0.1) is 17.8 Å². The summed E-state index contributed by atoms with van der Waals surface area (Å²) >= 11 is 0. The molecule has 1 atom stereocenters. The minimum absolute atomic E-state index is 0.160. The summed E-state index contributed by atoms with van der Waals surface area (Å²) in [7, 11) is 1.39. The van der Waals surface area contributed by atoms with Gasteiger partial charge in [-0.3, -0.25) is 9.59 Å². The van der Waals surface area contributed by atoms with E-state index in [2.05, 4.69) is 0 Å². The number of methoxy groups -OCH3 is 1. The summed E-state index contributed by atoms with van der Waals surface area (Å²) in [5, 5.41) is 0. The van der Waals surface area contributed by atoms with Gasteiger partial charge < -0.3 is 4.74 Å². The van der Waals surface area contributed by atoms with Crippen LogP contribution in [0.5, 0.6) is 0 Å². The maximum atomic E-state index is 12.0. The second-order valence-corrected chi connectivity index (χ2v) is 5.82. The van der Waals surface area contributed by atoms with Crippen LogP contribution in [0.2, 0.25) is 0 Å². The van der Waals surface area contributed by atoms with Crippen molar-refractivity contribution in [3.05, 3.63) is 0 Å². The van der Waals surface area contributed by atoms with Gasteiger partial charge in [-0.1, -0.05) is 46.0 Å². The molecule has 1 saturated carbocycles. The zero-order valence-corrected chi connectivity index (χ0v) is 11.9. The Morgan fingerprint density at radius 3 is 2.28 bits per heavy atom. The Morgan fingerprint density at radius 2 is 1.78 bits per heavy atom. The number of hydrogen-bond donors (Lipinski definition) is 0. The topological polar surface area (TPSA) is 43.4 Å². The normalized spacial score (nSPS) is 18.7. The Labute approximate surface area is 110 Å². The lowest BCUT2D eigenvalue weighted by Crippen LogP contribution is -2.25. The fourth-order valence-electron chi connectivity index (χ4n) is 2.78. The molecule has 1 aliphatic carbocycles. The van der Waals surface area contributed by atoms with E-state index in [-0.39, 0.29) is 23.6 Å². The first kappa shape index (κ1) is 15.2. The minimum atomic E-state index is -0.272. The van der Waals surface area contributed by atoms with Gasteiger partial charge in [-0.2, -0.15) is 0 Å². The predicted molar refractivity (Wildman–Crippen MR) is 71.2 cm³/mol. The van der Waals surface area contributed by atoms with Gasteiger partial charge in [0.05, 0.1) is 13.0 Å². The van der Waals surface area contributed by atoms with Crippen LogP contribution in [0.3, 0.4) is 0 Å². The van der Waals surface area contributed by atoms with Gasteiger partial charge in [0.1, 0.15) is 5.78 Å². The standard InChI is InChI=1S/C15H26O3/c1-11(2)14(15(17)18-3)10-13(16)9-12-7-5-4-6-8-12/h11-12,14H,4-10H2,1-3H3/t14-/m0/s1. The molecule has 1 rings (SSSR count). The summed E-state index contributed by atoms with van der Waals surface area (Å²) in [4.78, 5) is 23.6. The van der Waals surface area contributed by atoms with E-state index in [1.807, 2.05) is 13.8 Å². The molecule has 0 saturated heterocycles. The lowest BCUT2D eigenvalue weighted by Gasteiger charge is -2.22. The molecule has 0 N–H and O–H groups in total. The van der Waals surface area contributed by atoms with Crippen LogP contribution in [-0.4, -0.2) is 18.9 Å². The average molecular weight is 254 g/mol. The maximum Gasteiger partial charge on any atom is 0.309 e. The molecule has 0 aromatic rings. The largest absolute Gasteiger partial charge is 0.469 e. The Morgan fingerprint density at radius 1 is 1.17 bits per heavy atom. The van der Waals surface area contributed by atoms with Gasteiger partial charge in [-0.15, -0.1) is 0 Å². The second kappa shape index (κ2) is 7.55. The summed E-state index contributed by atoms with van der Waals surface area (Å²) in [5.41, 5.74) is 0. The van der Waals surface area contributed by atoms with Crippen molar-refractivity contribution < 1.29 is 14.3 Å². The highest BCUT2D eigenvalue weighted by atomic mass is 16.5. The Bertz CT molecular complexity index is 277. The molecule has 1 fully saturated rings.